The zero-order valence-electron chi connectivity index (χ0n) is 20.8. The van der Waals surface area contributed by atoms with Crippen LogP contribution in [0.15, 0.2) is 67.0 Å². The molecule has 0 aliphatic rings. The van der Waals surface area contributed by atoms with E-state index in [1.54, 1.807) is 30.3 Å². The molecule has 2 heterocycles. The molecule has 0 spiro atoms. The molecule has 0 saturated heterocycles. The number of aromatic nitrogens is 3. The first kappa shape index (κ1) is 27.5. The highest BCUT2D eigenvalue weighted by atomic mass is 19.4. The number of aryl methyl sites for hydroxylation is 1. The van der Waals surface area contributed by atoms with Gasteiger partial charge in [0.2, 0.25) is 0 Å². The molecule has 0 fully saturated rings. The second-order valence-electron chi connectivity index (χ2n) is 8.75. The van der Waals surface area contributed by atoms with Crippen LogP contribution in [-0.2, 0) is 13.2 Å². The number of pyridine rings is 1. The minimum absolute atomic E-state index is 0.0228. The summed E-state index contributed by atoms with van der Waals surface area (Å²) in [6.45, 7) is 1.45. The molecule has 1 atom stereocenters. The Labute approximate surface area is 220 Å². The summed E-state index contributed by atoms with van der Waals surface area (Å²) in [6.07, 6.45) is -3.01. The van der Waals surface area contributed by atoms with Crippen molar-refractivity contribution in [1.29, 1.82) is 0 Å². The number of aliphatic hydroxyl groups excluding tert-OH is 1. The topological polar surface area (TPSA) is 109 Å². The Bertz CT molecular complexity index is 1520. The molecule has 8 nitrogen and oxygen atoms in total. The third-order valence-electron chi connectivity index (χ3n) is 5.65. The van der Waals surface area contributed by atoms with Gasteiger partial charge in [-0.15, -0.1) is 0 Å². The van der Waals surface area contributed by atoms with Crippen LogP contribution in [0.4, 0.5) is 23.2 Å². The quantitative estimate of drug-likeness (QED) is 0.295. The molecule has 2 amide bonds. The smallest absolute Gasteiger partial charge is 0.392 e. The first-order valence-electron chi connectivity index (χ1n) is 11.7. The number of aliphatic hydroxyl groups is 1. The molecule has 0 aliphatic carbocycles. The molecule has 3 N–H and O–H groups in total. The lowest BCUT2D eigenvalue weighted by Gasteiger charge is -2.16. The number of halogens is 4. The first-order valence-corrected chi connectivity index (χ1v) is 11.7. The number of nitrogens with one attached hydrogen (secondary N) is 2. The fourth-order valence-electron chi connectivity index (χ4n) is 3.79. The zero-order valence-corrected chi connectivity index (χ0v) is 20.8. The van der Waals surface area contributed by atoms with Gasteiger partial charge < -0.3 is 15.7 Å². The third kappa shape index (κ3) is 6.29. The van der Waals surface area contributed by atoms with E-state index in [4.69, 9.17) is 0 Å². The van der Waals surface area contributed by atoms with Gasteiger partial charge in [0.05, 0.1) is 39.9 Å². The van der Waals surface area contributed by atoms with Crippen molar-refractivity contribution < 1.29 is 32.3 Å². The molecule has 12 heteroatoms. The van der Waals surface area contributed by atoms with Gasteiger partial charge in [-0.1, -0.05) is 30.3 Å². The molecule has 39 heavy (non-hydrogen) atoms. The average Bonchev–Trinajstić information content (AvgIpc) is 3.33. The van der Waals surface area contributed by atoms with E-state index in [0.29, 0.717) is 5.56 Å². The van der Waals surface area contributed by atoms with Gasteiger partial charge in [-0.3, -0.25) is 19.3 Å². The largest absolute Gasteiger partial charge is 0.417 e. The summed E-state index contributed by atoms with van der Waals surface area (Å²) in [6, 6.07) is 12.3. The van der Waals surface area contributed by atoms with Crippen molar-refractivity contribution in [2.24, 2.45) is 7.05 Å². The SMILES string of the molecule is C[C@H](O)CNC(=O)c1cnc(-c2ccccc2)c(NC(=O)c2cc(-c3ccn(C)n3)c(C(F)(F)F)cc2F)c1. The van der Waals surface area contributed by atoms with Crippen LogP contribution in [-0.4, -0.2) is 44.3 Å². The number of alkyl halides is 3. The van der Waals surface area contributed by atoms with E-state index in [1.807, 2.05) is 0 Å². The molecule has 2 aromatic heterocycles. The van der Waals surface area contributed by atoms with E-state index < -0.39 is 46.6 Å². The number of rotatable bonds is 7. The number of carbonyl (C=O) groups is 2. The van der Waals surface area contributed by atoms with Gasteiger partial charge in [0.15, 0.2) is 0 Å². The number of benzene rings is 2. The molecule has 0 unspecified atom stereocenters. The van der Waals surface area contributed by atoms with Crippen molar-refractivity contribution >= 4 is 17.5 Å². The summed E-state index contributed by atoms with van der Waals surface area (Å²) in [5.41, 5.74) is -1.64. The zero-order chi connectivity index (χ0) is 28.3. The van der Waals surface area contributed by atoms with E-state index in [1.165, 1.54) is 43.2 Å². The molecule has 4 aromatic rings. The Hall–Kier alpha value is -4.58. The first-order chi connectivity index (χ1) is 18.4. The maximum absolute atomic E-state index is 15.0. The molecule has 0 saturated carbocycles. The highest BCUT2D eigenvalue weighted by Gasteiger charge is 2.36. The van der Waals surface area contributed by atoms with Gasteiger partial charge in [-0.25, -0.2) is 4.39 Å². The molecule has 2 aromatic carbocycles. The van der Waals surface area contributed by atoms with Gasteiger partial charge in [0, 0.05) is 37.1 Å². The Morgan fingerprint density at radius 1 is 1.08 bits per heavy atom. The highest BCUT2D eigenvalue weighted by Crippen LogP contribution is 2.38. The van der Waals surface area contributed by atoms with E-state index in [9.17, 15) is 32.3 Å². The fraction of sp³-hybridized carbons (Fsp3) is 0.185. The number of nitrogens with zero attached hydrogens (tertiary/aromatic N) is 3. The normalized spacial score (nSPS) is 12.2. The van der Waals surface area contributed by atoms with Crippen LogP contribution in [0.2, 0.25) is 0 Å². The van der Waals surface area contributed by atoms with Gasteiger partial charge in [0.1, 0.15) is 5.82 Å². The Balaban J connectivity index is 1.77. The second-order valence-corrected chi connectivity index (χ2v) is 8.75. The lowest BCUT2D eigenvalue weighted by Crippen LogP contribution is -2.30. The second kappa shape index (κ2) is 11.0. The maximum atomic E-state index is 15.0. The number of hydrogen-bond donors (Lipinski definition) is 3. The summed E-state index contributed by atoms with van der Waals surface area (Å²) >= 11 is 0. The molecule has 0 radical (unpaired) electrons. The van der Waals surface area contributed by atoms with Crippen molar-refractivity contribution in [2.45, 2.75) is 19.2 Å². The van der Waals surface area contributed by atoms with Crippen LogP contribution in [0.5, 0.6) is 0 Å². The predicted molar refractivity (Wildman–Crippen MR) is 135 cm³/mol. The standard InChI is InChI=1S/C27H23F4N5O3/c1-15(37)13-33-25(38)17-10-23(24(32-14-17)16-6-4-3-5-7-16)34-26(39)19-11-18(22-8-9-36(2)35-22)20(12-21(19)28)27(29,30)31/h3-12,14-15,37H,13H2,1-2H3,(H,33,38)(H,34,39)/t15-/m0/s1. The van der Waals surface area contributed by atoms with Crippen LogP contribution < -0.4 is 10.6 Å². The van der Waals surface area contributed by atoms with E-state index in [-0.39, 0.29) is 35.2 Å². The molecular formula is C27H23F4N5O3. The average molecular weight is 542 g/mol. The lowest BCUT2D eigenvalue weighted by atomic mass is 9.99. The highest BCUT2D eigenvalue weighted by molar-refractivity contribution is 6.07. The Kier molecular flexibility index (Phi) is 7.77. The molecule has 0 aliphatic heterocycles. The van der Waals surface area contributed by atoms with Gasteiger partial charge >= 0.3 is 6.18 Å². The van der Waals surface area contributed by atoms with E-state index in [2.05, 4.69) is 20.7 Å². The van der Waals surface area contributed by atoms with Crippen LogP contribution in [0.3, 0.4) is 0 Å². The van der Waals surface area contributed by atoms with Crippen molar-refractivity contribution in [3.8, 4) is 22.5 Å². The number of amides is 2. The Morgan fingerprint density at radius 2 is 1.79 bits per heavy atom. The third-order valence-corrected chi connectivity index (χ3v) is 5.65. The molecular weight excluding hydrogens is 518 g/mol. The van der Waals surface area contributed by atoms with Crippen molar-refractivity contribution in [3.05, 3.63) is 89.5 Å². The van der Waals surface area contributed by atoms with E-state index >= 15 is 0 Å². The van der Waals surface area contributed by atoms with Gasteiger partial charge in [0.25, 0.3) is 11.8 Å². The monoisotopic (exact) mass is 541 g/mol. The van der Waals surface area contributed by atoms with Crippen molar-refractivity contribution in [2.75, 3.05) is 11.9 Å². The lowest BCUT2D eigenvalue weighted by molar-refractivity contribution is -0.137. The number of hydrogen-bond acceptors (Lipinski definition) is 5. The van der Waals surface area contributed by atoms with Gasteiger partial charge in [-0.2, -0.15) is 18.3 Å². The van der Waals surface area contributed by atoms with Gasteiger partial charge in [-0.05, 0) is 31.2 Å². The molecule has 0 bridgehead atoms. The van der Waals surface area contributed by atoms with Crippen LogP contribution in [0.25, 0.3) is 22.5 Å². The fourth-order valence-corrected chi connectivity index (χ4v) is 3.79. The summed E-state index contributed by atoms with van der Waals surface area (Å²) in [7, 11) is 1.51. The minimum atomic E-state index is -4.90. The van der Waals surface area contributed by atoms with Crippen LogP contribution in [0, 0.1) is 5.82 Å². The maximum Gasteiger partial charge on any atom is 0.417 e. The van der Waals surface area contributed by atoms with Crippen molar-refractivity contribution in [3.63, 3.8) is 0 Å². The Morgan fingerprint density at radius 3 is 2.41 bits per heavy atom. The van der Waals surface area contributed by atoms with Crippen molar-refractivity contribution in [1.82, 2.24) is 20.1 Å². The summed E-state index contributed by atoms with van der Waals surface area (Å²) in [4.78, 5) is 30.1. The minimum Gasteiger partial charge on any atom is -0.392 e. The van der Waals surface area contributed by atoms with Crippen LogP contribution in [0.1, 0.15) is 33.2 Å². The summed E-state index contributed by atoms with van der Waals surface area (Å²) in [5.74, 6) is -3.03. The number of anilines is 1. The summed E-state index contributed by atoms with van der Waals surface area (Å²) in [5, 5.41) is 18.4. The predicted octanol–water partition coefficient (Wildman–Crippen LogP) is 4.67. The number of carbonyl (C=O) groups excluding carboxylic acids is 2. The summed E-state index contributed by atoms with van der Waals surface area (Å²) < 4.78 is 57.4. The molecule has 202 valence electrons. The van der Waals surface area contributed by atoms with Crippen LogP contribution >= 0.6 is 0 Å². The van der Waals surface area contributed by atoms with E-state index in [0.717, 1.165) is 6.07 Å². The molecule has 4 rings (SSSR count).